The molecule has 33 heavy (non-hydrogen) atoms. The van der Waals surface area contributed by atoms with Gasteiger partial charge in [0.05, 0.1) is 18.3 Å². The highest BCUT2D eigenvalue weighted by Crippen LogP contribution is 2.36. The Morgan fingerprint density at radius 1 is 1.21 bits per heavy atom. The van der Waals surface area contributed by atoms with E-state index in [1.807, 2.05) is 25.1 Å². The quantitative estimate of drug-likeness (QED) is 0.491. The molecule has 9 heteroatoms. The molecule has 2 aromatic heterocycles. The first-order chi connectivity index (χ1) is 16.0. The van der Waals surface area contributed by atoms with Gasteiger partial charge in [-0.15, -0.1) is 0 Å². The van der Waals surface area contributed by atoms with Crippen LogP contribution >= 0.6 is 23.2 Å². The molecule has 0 spiro atoms. The Kier molecular flexibility index (Phi) is 6.65. The first kappa shape index (κ1) is 22.7. The number of β-amino-alcohol motifs (C(OH)–C–C–N with tert-alkyl or cyclic N) is 1. The van der Waals surface area contributed by atoms with Gasteiger partial charge in [0.15, 0.2) is 5.58 Å². The van der Waals surface area contributed by atoms with Crippen molar-refractivity contribution in [1.82, 2.24) is 14.9 Å². The lowest BCUT2D eigenvalue weighted by Gasteiger charge is -2.45. The minimum absolute atomic E-state index is 0.0459. The minimum atomic E-state index is -0.0459. The van der Waals surface area contributed by atoms with Crippen molar-refractivity contribution in [3.05, 3.63) is 46.1 Å². The Morgan fingerprint density at radius 3 is 2.85 bits per heavy atom. The van der Waals surface area contributed by atoms with Crippen LogP contribution in [-0.4, -0.2) is 59.3 Å². The number of benzene rings is 1. The van der Waals surface area contributed by atoms with Crippen LogP contribution in [0.3, 0.4) is 0 Å². The summed E-state index contributed by atoms with van der Waals surface area (Å²) in [6, 6.07) is 8.00. The first-order valence-electron chi connectivity index (χ1n) is 11.6. The van der Waals surface area contributed by atoms with Crippen LogP contribution in [0.25, 0.3) is 11.2 Å². The molecule has 5 rings (SSSR count). The number of nitrogens with one attached hydrogen (secondary N) is 1. The van der Waals surface area contributed by atoms with Gasteiger partial charge in [-0.1, -0.05) is 29.3 Å². The van der Waals surface area contributed by atoms with Crippen molar-refractivity contribution in [3.63, 3.8) is 0 Å². The smallest absolute Gasteiger partial charge is 0.300 e. The fourth-order valence-corrected chi connectivity index (χ4v) is 5.59. The number of hydrogen-bond donors (Lipinski definition) is 2. The van der Waals surface area contributed by atoms with Gasteiger partial charge < -0.3 is 24.6 Å². The van der Waals surface area contributed by atoms with Crippen molar-refractivity contribution < 1.29 is 9.52 Å². The van der Waals surface area contributed by atoms with Gasteiger partial charge in [-0.2, -0.15) is 4.98 Å². The number of hydrogen-bond acceptors (Lipinski definition) is 7. The summed E-state index contributed by atoms with van der Waals surface area (Å²) in [4.78, 5) is 13.6. The van der Waals surface area contributed by atoms with E-state index in [1.54, 1.807) is 12.3 Å². The number of pyridine rings is 1. The van der Waals surface area contributed by atoms with Crippen LogP contribution in [0.5, 0.6) is 0 Å². The zero-order valence-electron chi connectivity index (χ0n) is 18.7. The lowest BCUT2D eigenvalue weighted by Crippen LogP contribution is -2.53. The molecule has 0 unspecified atom stereocenters. The number of aliphatic hydroxyl groups excluding tert-OH is 1. The van der Waals surface area contributed by atoms with Crippen molar-refractivity contribution in [3.8, 4) is 0 Å². The summed E-state index contributed by atoms with van der Waals surface area (Å²) in [5.74, 6) is 1.31. The third-order valence-corrected chi connectivity index (χ3v) is 7.45. The highest BCUT2D eigenvalue weighted by Gasteiger charge is 2.37. The average Bonchev–Trinajstić information content (AvgIpc) is 3.18. The topological polar surface area (TPSA) is 77.7 Å². The van der Waals surface area contributed by atoms with Crippen molar-refractivity contribution in [2.24, 2.45) is 11.8 Å². The van der Waals surface area contributed by atoms with Crippen LogP contribution in [0.15, 0.2) is 34.9 Å². The summed E-state index contributed by atoms with van der Waals surface area (Å²) in [5, 5.41) is 14.0. The molecule has 2 aliphatic rings. The molecule has 4 heterocycles. The van der Waals surface area contributed by atoms with E-state index in [-0.39, 0.29) is 12.6 Å². The number of fused-ring (bicyclic) bond motifs is 1. The molecular weight excluding hydrogens is 461 g/mol. The van der Waals surface area contributed by atoms with Gasteiger partial charge in [-0.05, 0) is 61.9 Å². The number of nitrogens with zero attached hydrogens (tertiary/aromatic N) is 4. The number of aliphatic hydroxyl groups is 1. The van der Waals surface area contributed by atoms with Gasteiger partial charge >= 0.3 is 0 Å². The Balaban J connectivity index is 1.27. The summed E-state index contributed by atoms with van der Waals surface area (Å²) >= 11 is 12.4. The lowest BCUT2D eigenvalue weighted by atomic mass is 9.81. The molecule has 7 nitrogen and oxygen atoms in total. The predicted molar refractivity (Wildman–Crippen MR) is 132 cm³/mol. The minimum Gasteiger partial charge on any atom is -0.419 e. The maximum Gasteiger partial charge on any atom is 0.300 e. The molecule has 2 aliphatic heterocycles. The number of aromatic nitrogens is 2. The van der Waals surface area contributed by atoms with Gasteiger partial charge in [-0.3, -0.25) is 0 Å². The van der Waals surface area contributed by atoms with Gasteiger partial charge in [0, 0.05) is 42.4 Å². The molecule has 0 aliphatic carbocycles. The van der Waals surface area contributed by atoms with Crippen molar-refractivity contribution in [2.75, 3.05) is 49.5 Å². The van der Waals surface area contributed by atoms with Crippen LogP contribution in [0, 0.1) is 11.8 Å². The number of halogens is 2. The number of piperidine rings is 1. The average molecular weight is 490 g/mol. The van der Waals surface area contributed by atoms with Gasteiger partial charge in [0.25, 0.3) is 6.01 Å². The van der Waals surface area contributed by atoms with E-state index in [0.717, 1.165) is 44.0 Å². The molecule has 1 aromatic carbocycles. The molecule has 0 radical (unpaired) electrons. The molecular formula is C24H29Cl2N5O2. The SMILES string of the molecule is C[C@@H](Nc1ccnc2nc(N3CC([C@H]4CCCN(CCO)C4)C3)oc12)c1ccc(Cl)cc1Cl. The fraction of sp³-hybridized carbons (Fsp3) is 0.500. The summed E-state index contributed by atoms with van der Waals surface area (Å²) in [5.41, 5.74) is 3.04. The Morgan fingerprint density at radius 2 is 2.06 bits per heavy atom. The zero-order chi connectivity index (χ0) is 22.9. The zero-order valence-corrected chi connectivity index (χ0v) is 20.2. The molecule has 2 N–H and O–H groups in total. The highest BCUT2D eigenvalue weighted by molar-refractivity contribution is 6.35. The molecule has 0 saturated carbocycles. The van der Waals surface area contributed by atoms with Crippen LogP contribution < -0.4 is 10.2 Å². The van der Waals surface area contributed by atoms with Gasteiger partial charge in [-0.25, -0.2) is 4.98 Å². The number of oxazole rings is 1. The number of anilines is 2. The van der Waals surface area contributed by atoms with Crippen LogP contribution in [0.1, 0.15) is 31.4 Å². The van der Waals surface area contributed by atoms with E-state index in [1.165, 1.54) is 12.8 Å². The van der Waals surface area contributed by atoms with Crippen LogP contribution in [-0.2, 0) is 0 Å². The standard InChI is InChI=1S/C24H29Cl2N5O2/c1-15(19-5-4-18(25)11-20(19)26)28-21-6-7-27-23-22(21)33-24(29-23)31-13-17(14-31)16-3-2-8-30(12-16)9-10-32/h4-7,11,15-17,32H,2-3,8-10,12-14H2,1H3,(H,27,28)/t15-,16+/m1/s1. The van der Waals surface area contributed by atoms with E-state index in [9.17, 15) is 5.11 Å². The van der Waals surface area contributed by atoms with E-state index in [2.05, 4.69) is 25.1 Å². The van der Waals surface area contributed by atoms with Gasteiger partial charge in [0.2, 0.25) is 5.65 Å². The second-order valence-corrected chi connectivity index (χ2v) is 9.97. The predicted octanol–water partition coefficient (Wildman–Crippen LogP) is 4.84. The van der Waals surface area contributed by atoms with Crippen molar-refractivity contribution in [1.29, 1.82) is 0 Å². The summed E-state index contributed by atoms with van der Waals surface area (Å²) in [6.07, 6.45) is 4.21. The second-order valence-electron chi connectivity index (χ2n) is 9.13. The first-order valence-corrected chi connectivity index (χ1v) is 12.3. The molecule has 3 aromatic rings. The number of rotatable bonds is 7. The van der Waals surface area contributed by atoms with E-state index < -0.39 is 0 Å². The van der Waals surface area contributed by atoms with E-state index in [0.29, 0.717) is 39.1 Å². The summed E-state index contributed by atoms with van der Waals surface area (Å²) in [7, 11) is 0. The van der Waals surface area contributed by atoms with Crippen LogP contribution in [0.4, 0.5) is 11.7 Å². The van der Waals surface area contributed by atoms with E-state index >= 15 is 0 Å². The monoisotopic (exact) mass is 489 g/mol. The highest BCUT2D eigenvalue weighted by atomic mass is 35.5. The van der Waals surface area contributed by atoms with Crippen LogP contribution in [0.2, 0.25) is 10.0 Å². The van der Waals surface area contributed by atoms with Crippen molar-refractivity contribution in [2.45, 2.75) is 25.8 Å². The second kappa shape index (κ2) is 9.66. The maximum absolute atomic E-state index is 9.25. The summed E-state index contributed by atoms with van der Waals surface area (Å²) in [6.45, 7) is 7.13. The third-order valence-electron chi connectivity index (χ3n) is 6.89. The molecule has 176 valence electrons. The fourth-order valence-electron chi connectivity index (χ4n) is 5.02. The molecule has 2 fully saturated rings. The molecule has 0 amide bonds. The largest absolute Gasteiger partial charge is 0.419 e. The maximum atomic E-state index is 9.25. The van der Waals surface area contributed by atoms with Gasteiger partial charge in [0.1, 0.15) is 0 Å². The number of likely N-dealkylation sites (tertiary alicyclic amines) is 1. The Bertz CT molecular complexity index is 1120. The van der Waals surface area contributed by atoms with E-state index in [4.69, 9.17) is 27.6 Å². The molecule has 2 atom stereocenters. The molecule has 2 saturated heterocycles. The summed E-state index contributed by atoms with van der Waals surface area (Å²) < 4.78 is 6.18. The van der Waals surface area contributed by atoms with Crippen molar-refractivity contribution >= 4 is 46.1 Å². The normalized spacial score (nSPS) is 20.7. The Hall–Kier alpha value is -2.06. The molecule has 0 bridgehead atoms. The Labute approximate surface area is 203 Å². The third kappa shape index (κ3) is 4.78. The lowest BCUT2D eigenvalue weighted by molar-refractivity contribution is 0.100.